The molecule has 7 nitrogen and oxygen atoms in total. The van der Waals surface area contributed by atoms with Crippen molar-refractivity contribution < 1.29 is 23.5 Å². The minimum Gasteiger partial charge on any atom is -0.448 e. The first-order valence-electron chi connectivity index (χ1n) is 7.71. The molecule has 0 unspecified atom stereocenters. The molecule has 0 aromatic carbocycles. The fraction of sp³-hybridized carbons (Fsp3) is 0.389. The number of allylic oxidation sites excluding steroid dienone is 5. The van der Waals surface area contributed by atoms with E-state index in [1.54, 1.807) is 39.1 Å². The average molecular weight is 348 g/mol. The van der Waals surface area contributed by atoms with Crippen molar-refractivity contribution in [1.82, 2.24) is 4.98 Å². The minimum absolute atomic E-state index is 0.579. The number of rotatable bonds is 8. The molecule has 0 fully saturated rings. The summed E-state index contributed by atoms with van der Waals surface area (Å²) in [5.41, 5.74) is 5.01. The normalized spacial score (nSPS) is 14.0. The summed E-state index contributed by atoms with van der Waals surface area (Å²) in [6.45, 7) is 4.98. The van der Waals surface area contributed by atoms with Crippen LogP contribution in [-0.4, -0.2) is 30.3 Å². The van der Waals surface area contributed by atoms with E-state index in [1.807, 2.05) is 18.2 Å². The zero-order valence-electron chi connectivity index (χ0n) is 14.9. The van der Waals surface area contributed by atoms with Crippen molar-refractivity contribution in [1.29, 1.82) is 0 Å². The van der Waals surface area contributed by atoms with Crippen LogP contribution in [0.25, 0.3) is 0 Å². The lowest BCUT2D eigenvalue weighted by Crippen LogP contribution is -2.44. The minimum atomic E-state index is -1.08. The monoisotopic (exact) mass is 348 g/mol. The first kappa shape index (κ1) is 20.2. The number of hydrogen-bond acceptors (Lipinski definition) is 6. The van der Waals surface area contributed by atoms with E-state index in [4.69, 9.17) is 14.9 Å². The molecule has 0 saturated heterocycles. The third-order valence-electron chi connectivity index (χ3n) is 3.60. The summed E-state index contributed by atoms with van der Waals surface area (Å²) in [5, 5.41) is 0. The molecule has 0 radical (unpaired) electrons. The van der Waals surface area contributed by atoms with Gasteiger partial charge >= 0.3 is 6.16 Å². The molecule has 25 heavy (non-hydrogen) atoms. The second kappa shape index (κ2) is 9.46. The second-order valence-electron chi connectivity index (χ2n) is 5.93. The van der Waals surface area contributed by atoms with Crippen molar-refractivity contribution in [3.8, 4) is 0 Å². The molecule has 1 aromatic rings. The fourth-order valence-electron chi connectivity index (χ4n) is 2.05. The van der Waals surface area contributed by atoms with Gasteiger partial charge in [0.2, 0.25) is 5.91 Å². The topological polar surface area (TPSA) is 105 Å². The van der Waals surface area contributed by atoms with Crippen LogP contribution >= 0.6 is 0 Å². The van der Waals surface area contributed by atoms with Gasteiger partial charge < -0.3 is 19.6 Å². The first-order chi connectivity index (χ1) is 11.8. The lowest BCUT2D eigenvalue weighted by atomic mass is 9.82. The van der Waals surface area contributed by atoms with Gasteiger partial charge in [-0.3, -0.25) is 4.79 Å². The molecule has 1 amide bonds. The lowest BCUT2D eigenvalue weighted by molar-refractivity contribution is -0.131. The van der Waals surface area contributed by atoms with Crippen LogP contribution in [0.2, 0.25) is 0 Å². The van der Waals surface area contributed by atoms with E-state index < -0.39 is 23.6 Å². The van der Waals surface area contributed by atoms with Crippen LogP contribution in [0.5, 0.6) is 0 Å². The molecule has 0 saturated carbocycles. The predicted octanol–water partition coefficient (Wildman–Crippen LogP) is 2.94. The van der Waals surface area contributed by atoms with Gasteiger partial charge in [0.15, 0.2) is 6.39 Å². The number of primary amides is 1. The van der Waals surface area contributed by atoms with E-state index in [9.17, 15) is 9.59 Å². The molecule has 1 aromatic heterocycles. The van der Waals surface area contributed by atoms with Gasteiger partial charge in [0, 0.05) is 6.42 Å². The molecule has 0 aliphatic heterocycles. The van der Waals surface area contributed by atoms with Crippen LogP contribution in [-0.2, 0) is 20.7 Å². The smallest absolute Gasteiger partial charge is 0.448 e. The zero-order valence-corrected chi connectivity index (χ0v) is 14.9. The lowest BCUT2D eigenvalue weighted by Gasteiger charge is -2.31. The van der Waals surface area contributed by atoms with Gasteiger partial charge in [0.05, 0.1) is 18.7 Å². The molecule has 2 N–H and O–H groups in total. The molecule has 1 rings (SSSR count). The fourth-order valence-corrected chi connectivity index (χ4v) is 2.05. The molecule has 0 bridgehead atoms. The van der Waals surface area contributed by atoms with Crippen molar-refractivity contribution in [2.45, 2.75) is 33.3 Å². The Morgan fingerprint density at radius 1 is 1.36 bits per heavy atom. The molecule has 0 aliphatic rings. The third kappa shape index (κ3) is 6.29. The Morgan fingerprint density at radius 3 is 2.64 bits per heavy atom. The Balaban J connectivity index is 2.77. The SMILES string of the molecule is COC(=O)O[C@H](\C(C)=C/C=C\C=C\Cc1cnco1)C(C)(C)C(N)=O. The molecule has 7 heteroatoms. The van der Waals surface area contributed by atoms with Crippen molar-refractivity contribution in [3.05, 3.63) is 54.3 Å². The number of ether oxygens (including phenoxy) is 2. The molecule has 136 valence electrons. The Morgan fingerprint density at radius 2 is 2.08 bits per heavy atom. The van der Waals surface area contributed by atoms with Gasteiger partial charge in [-0.1, -0.05) is 30.4 Å². The number of nitrogens with two attached hydrogens (primary N) is 1. The van der Waals surface area contributed by atoms with Crippen LogP contribution in [0.4, 0.5) is 4.79 Å². The Kier molecular flexibility index (Phi) is 7.65. The van der Waals surface area contributed by atoms with E-state index in [-0.39, 0.29) is 0 Å². The van der Waals surface area contributed by atoms with Crippen LogP contribution in [0, 0.1) is 5.41 Å². The summed E-state index contributed by atoms with van der Waals surface area (Å²) in [6, 6.07) is 0. The van der Waals surface area contributed by atoms with E-state index in [0.29, 0.717) is 12.0 Å². The van der Waals surface area contributed by atoms with Gasteiger partial charge in [-0.2, -0.15) is 0 Å². The van der Waals surface area contributed by atoms with Crippen molar-refractivity contribution >= 4 is 12.1 Å². The number of oxazole rings is 1. The van der Waals surface area contributed by atoms with Gasteiger partial charge in [0.1, 0.15) is 11.9 Å². The first-order valence-corrected chi connectivity index (χ1v) is 7.71. The maximum atomic E-state index is 11.7. The quantitative estimate of drug-likeness (QED) is 0.572. The van der Waals surface area contributed by atoms with Crippen LogP contribution in [0.1, 0.15) is 26.5 Å². The number of methoxy groups -OCH3 is 1. The molecule has 1 atom stereocenters. The van der Waals surface area contributed by atoms with Gasteiger partial charge in [-0.05, 0) is 26.3 Å². The Labute approximate surface area is 147 Å². The van der Waals surface area contributed by atoms with Crippen molar-refractivity contribution in [2.75, 3.05) is 7.11 Å². The van der Waals surface area contributed by atoms with Crippen LogP contribution < -0.4 is 5.73 Å². The van der Waals surface area contributed by atoms with Crippen molar-refractivity contribution in [2.24, 2.45) is 11.1 Å². The van der Waals surface area contributed by atoms with Crippen molar-refractivity contribution in [3.63, 3.8) is 0 Å². The highest BCUT2D eigenvalue weighted by Crippen LogP contribution is 2.29. The number of amides is 1. The van der Waals surface area contributed by atoms with E-state index in [0.717, 1.165) is 5.76 Å². The number of carbonyl (C=O) groups is 2. The Bertz CT molecular complexity index is 657. The predicted molar refractivity (Wildman–Crippen MR) is 92.5 cm³/mol. The zero-order chi connectivity index (χ0) is 18.9. The Hall–Kier alpha value is -2.83. The average Bonchev–Trinajstić information content (AvgIpc) is 3.08. The molecule has 0 aliphatic carbocycles. The maximum Gasteiger partial charge on any atom is 0.508 e. The molecule has 1 heterocycles. The molecule has 0 spiro atoms. The number of hydrogen-bond donors (Lipinski definition) is 1. The number of aromatic nitrogens is 1. The van der Waals surface area contributed by atoms with Gasteiger partial charge in [-0.15, -0.1) is 0 Å². The second-order valence-corrected chi connectivity index (χ2v) is 5.93. The maximum absolute atomic E-state index is 11.7. The molecular weight excluding hydrogens is 324 g/mol. The standard InChI is InChI=1S/C18H24N2O5/c1-13(9-7-5-6-8-10-14-11-20-12-24-14)15(25-17(22)23-4)18(2,3)16(19)21/h5-9,11-12,15H,10H2,1-4H3,(H2,19,21)/b7-5-,8-6+,13-9-/t15-/m1/s1. The van der Waals surface area contributed by atoms with E-state index in [1.165, 1.54) is 13.5 Å². The summed E-state index contributed by atoms with van der Waals surface area (Å²) in [4.78, 5) is 27.0. The molecular formula is C18H24N2O5. The van der Waals surface area contributed by atoms with Gasteiger partial charge in [0.25, 0.3) is 0 Å². The van der Waals surface area contributed by atoms with Crippen LogP contribution in [0.3, 0.4) is 0 Å². The highest BCUT2D eigenvalue weighted by atomic mass is 16.7. The summed E-state index contributed by atoms with van der Waals surface area (Å²) in [6.07, 6.45) is 11.1. The highest BCUT2D eigenvalue weighted by molar-refractivity contribution is 5.81. The third-order valence-corrected chi connectivity index (χ3v) is 3.60. The number of carbonyl (C=O) groups excluding carboxylic acids is 2. The van der Waals surface area contributed by atoms with E-state index in [2.05, 4.69) is 9.72 Å². The van der Waals surface area contributed by atoms with Gasteiger partial charge in [-0.25, -0.2) is 9.78 Å². The summed E-state index contributed by atoms with van der Waals surface area (Å²) >= 11 is 0. The highest BCUT2D eigenvalue weighted by Gasteiger charge is 2.39. The summed E-state index contributed by atoms with van der Waals surface area (Å²) < 4.78 is 14.8. The van der Waals surface area contributed by atoms with Crippen LogP contribution in [0.15, 0.2) is 53.0 Å². The van der Waals surface area contributed by atoms with E-state index >= 15 is 0 Å². The number of nitrogens with zero attached hydrogens (tertiary/aromatic N) is 1. The largest absolute Gasteiger partial charge is 0.508 e. The summed E-state index contributed by atoms with van der Waals surface area (Å²) in [7, 11) is 1.20. The summed E-state index contributed by atoms with van der Waals surface area (Å²) in [5.74, 6) is 0.191.